The van der Waals surface area contributed by atoms with E-state index < -0.39 is 5.97 Å². The molecule has 0 aromatic heterocycles. The average Bonchev–Trinajstić information content (AvgIpc) is 2.76. The number of nitrogens with zero attached hydrogens (tertiary/aromatic N) is 1. The van der Waals surface area contributed by atoms with Crippen LogP contribution in [0.15, 0.2) is 66.8 Å². The lowest BCUT2D eigenvalue weighted by Gasteiger charge is -2.15. The van der Waals surface area contributed by atoms with Gasteiger partial charge in [-0.15, -0.1) is 0 Å². The molecule has 0 aliphatic rings. The van der Waals surface area contributed by atoms with E-state index in [0.717, 1.165) is 23.0 Å². The molecule has 1 amide bonds. The first-order chi connectivity index (χ1) is 14.0. The lowest BCUT2D eigenvalue weighted by molar-refractivity contribution is -0.137. The highest BCUT2D eigenvalue weighted by molar-refractivity contribution is 6.02. The smallest absolute Gasteiger partial charge is 0.330 e. The Hall–Kier alpha value is -3.67. The van der Waals surface area contributed by atoms with Crippen molar-refractivity contribution >= 4 is 29.9 Å². The second kappa shape index (κ2) is 11.2. The molecule has 0 radical (unpaired) electrons. The van der Waals surface area contributed by atoms with Gasteiger partial charge in [0.1, 0.15) is 12.0 Å². The Morgan fingerprint density at radius 2 is 1.69 bits per heavy atom. The fourth-order valence-corrected chi connectivity index (χ4v) is 2.44. The largest absolute Gasteiger partial charge is 0.497 e. The first kappa shape index (κ1) is 21.6. The lowest BCUT2D eigenvalue weighted by atomic mass is 10.1. The highest BCUT2D eigenvalue weighted by atomic mass is 16.5. The third kappa shape index (κ3) is 7.10. The summed E-state index contributed by atoms with van der Waals surface area (Å²) in [6.45, 7) is 0.252. The van der Waals surface area contributed by atoms with E-state index in [4.69, 9.17) is 9.47 Å². The van der Waals surface area contributed by atoms with Crippen molar-refractivity contribution in [1.29, 1.82) is 0 Å². The molecule has 0 spiro atoms. The minimum atomic E-state index is -0.412. The van der Waals surface area contributed by atoms with Crippen LogP contribution in [0.4, 0.5) is 5.69 Å². The molecule has 0 N–H and O–H groups in total. The van der Waals surface area contributed by atoms with Gasteiger partial charge >= 0.3 is 5.97 Å². The van der Waals surface area contributed by atoms with Gasteiger partial charge in [0.2, 0.25) is 0 Å². The van der Waals surface area contributed by atoms with E-state index in [1.807, 2.05) is 36.4 Å². The minimum absolute atomic E-state index is 0.252. The van der Waals surface area contributed by atoms with Gasteiger partial charge in [0.15, 0.2) is 0 Å². The van der Waals surface area contributed by atoms with Crippen molar-refractivity contribution in [2.75, 3.05) is 25.7 Å². The summed E-state index contributed by atoms with van der Waals surface area (Å²) in [6, 6.07) is 14.7. The van der Waals surface area contributed by atoms with E-state index in [2.05, 4.69) is 0 Å². The summed E-state index contributed by atoms with van der Waals surface area (Å²) in [4.78, 5) is 35.4. The predicted octanol–water partition coefficient (Wildman–Crippen LogP) is 3.21. The third-order valence-electron chi connectivity index (χ3n) is 4.13. The number of carbonyl (C=O) groups is 3. The van der Waals surface area contributed by atoms with Crippen molar-refractivity contribution in [3.8, 4) is 5.75 Å². The molecule has 0 aliphatic carbocycles. The molecule has 6 nitrogen and oxygen atoms in total. The Labute approximate surface area is 170 Å². The van der Waals surface area contributed by atoms with E-state index in [0.29, 0.717) is 18.4 Å². The summed E-state index contributed by atoms with van der Waals surface area (Å²) in [7, 11) is 3.23. The average molecular weight is 393 g/mol. The van der Waals surface area contributed by atoms with Gasteiger partial charge in [-0.05, 0) is 47.5 Å². The number of amides is 1. The molecule has 0 atom stereocenters. The Kier molecular flexibility index (Phi) is 8.38. The number of esters is 1. The number of ether oxygens (including phenoxy) is 2. The molecular formula is C23H23NO5. The van der Waals surface area contributed by atoms with Gasteiger partial charge in [-0.1, -0.05) is 24.3 Å². The molecule has 0 saturated heterocycles. The zero-order chi connectivity index (χ0) is 21.1. The van der Waals surface area contributed by atoms with Gasteiger partial charge in [0, 0.05) is 31.3 Å². The zero-order valence-corrected chi connectivity index (χ0v) is 16.4. The summed E-state index contributed by atoms with van der Waals surface area (Å²) < 4.78 is 10.3. The number of hydrogen-bond donors (Lipinski definition) is 0. The monoisotopic (exact) mass is 393 g/mol. The summed E-state index contributed by atoms with van der Waals surface area (Å²) in [6.07, 6.45) is 6.55. The van der Waals surface area contributed by atoms with Crippen molar-refractivity contribution in [3.05, 3.63) is 77.9 Å². The summed E-state index contributed by atoms with van der Waals surface area (Å²) in [5, 5.41) is 0. The Balaban J connectivity index is 1.80. The van der Waals surface area contributed by atoms with Crippen LogP contribution < -0.4 is 9.64 Å². The molecule has 29 heavy (non-hydrogen) atoms. The maximum absolute atomic E-state index is 11.8. The highest BCUT2D eigenvalue weighted by Crippen LogP contribution is 2.15. The van der Waals surface area contributed by atoms with Gasteiger partial charge in [0.05, 0.1) is 13.7 Å². The van der Waals surface area contributed by atoms with Crippen LogP contribution >= 0.6 is 0 Å². The highest BCUT2D eigenvalue weighted by Gasteiger charge is 2.07. The molecule has 0 aliphatic heterocycles. The van der Waals surface area contributed by atoms with Gasteiger partial charge in [-0.3, -0.25) is 9.59 Å². The summed E-state index contributed by atoms with van der Waals surface area (Å²) >= 11 is 0. The maximum atomic E-state index is 11.8. The number of anilines is 1. The molecule has 0 saturated carbocycles. The van der Waals surface area contributed by atoms with Crippen LogP contribution in [0, 0.1) is 0 Å². The van der Waals surface area contributed by atoms with Crippen molar-refractivity contribution in [1.82, 2.24) is 0 Å². The molecule has 0 unspecified atom stereocenters. The van der Waals surface area contributed by atoms with Crippen LogP contribution in [-0.4, -0.2) is 38.9 Å². The van der Waals surface area contributed by atoms with Gasteiger partial charge < -0.3 is 14.4 Å². The number of aldehydes is 1. The van der Waals surface area contributed by atoms with E-state index in [-0.39, 0.29) is 12.5 Å². The number of benzene rings is 2. The van der Waals surface area contributed by atoms with Crippen LogP contribution in [0.2, 0.25) is 0 Å². The normalized spacial score (nSPS) is 10.8. The van der Waals surface area contributed by atoms with Crippen molar-refractivity contribution < 1.29 is 23.9 Å². The van der Waals surface area contributed by atoms with Crippen LogP contribution in [0.25, 0.3) is 6.08 Å². The topological polar surface area (TPSA) is 72.9 Å². The van der Waals surface area contributed by atoms with Crippen molar-refractivity contribution in [2.24, 2.45) is 0 Å². The first-order valence-corrected chi connectivity index (χ1v) is 9.01. The Morgan fingerprint density at radius 3 is 2.31 bits per heavy atom. The van der Waals surface area contributed by atoms with Gasteiger partial charge in [0.25, 0.3) is 5.91 Å². The quantitative estimate of drug-likeness (QED) is 0.372. The molecular weight excluding hydrogens is 370 g/mol. The number of methoxy groups -OCH3 is 1. The molecule has 0 fully saturated rings. The van der Waals surface area contributed by atoms with Crippen molar-refractivity contribution in [2.45, 2.75) is 6.42 Å². The van der Waals surface area contributed by atoms with E-state index in [1.165, 1.54) is 17.1 Å². The number of rotatable bonds is 9. The fraction of sp³-hybridized carbons (Fsp3) is 0.174. The molecule has 0 heterocycles. The van der Waals surface area contributed by atoms with E-state index >= 15 is 0 Å². The SMILES string of the molecule is COc1ccc(/C=C/C(=O)OCCc2ccc(N(C)C(=O)/C=C\C=O)cc2)cc1. The minimum Gasteiger partial charge on any atom is -0.497 e. The second-order valence-electron chi connectivity index (χ2n) is 6.08. The first-order valence-electron chi connectivity index (χ1n) is 9.01. The molecule has 2 aromatic rings. The zero-order valence-electron chi connectivity index (χ0n) is 16.4. The molecule has 2 aromatic carbocycles. The van der Waals surface area contributed by atoms with Crippen LogP contribution in [0.5, 0.6) is 5.75 Å². The molecule has 6 heteroatoms. The number of allylic oxidation sites excluding steroid dienone is 1. The van der Waals surface area contributed by atoms with Crippen LogP contribution in [0.3, 0.4) is 0 Å². The molecule has 0 bridgehead atoms. The molecule has 150 valence electrons. The third-order valence-corrected chi connectivity index (χ3v) is 4.13. The molecule has 2 rings (SSSR count). The Bertz CT molecular complexity index is 882. The summed E-state index contributed by atoms with van der Waals surface area (Å²) in [5.74, 6) is 0.0518. The summed E-state index contributed by atoms with van der Waals surface area (Å²) in [5.41, 5.74) is 2.55. The second-order valence-corrected chi connectivity index (χ2v) is 6.08. The van der Waals surface area contributed by atoms with Gasteiger partial charge in [-0.2, -0.15) is 0 Å². The van der Waals surface area contributed by atoms with E-state index in [1.54, 1.807) is 32.4 Å². The predicted molar refractivity (Wildman–Crippen MR) is 112 cm³/mol. The standard InChI is InChI=1S/C23H23NO5/c1-24(22(26)4-3-16-25)20-10-5-19(6-11-20)15-17-29-23(27)14-9-18-7-12-21(28-2)13-8-18/h3-14,16H,15,17H2,1-2H3/b4-3-,14-9+. The number of likely N-dealkylation sites (N-methyl/N-ethyl adjacent to an activating group) is 1. The van der Waals surface area contributed by atoms with E-state index in [9.17, 15) is 14.4 Å². The van der Waals surface area contributed by atoms with Crippen molar-refractivity contribution in [3.63, 3.8) is 0 Å². The lowest BCUT2D eigenvalue weighted by Crippen LogP contribution is -2.23. The number of hydrogen-bond acceptors (Lipinski definition) is 5. The van der Waals surface area contributed by atoms with Gasteiger partial charge in [-0.25, -0.2) is 4.79 Å². The van der Waals surface area contributed by atoms with Crippen LogP contribution in [-0.2, 0) is 25.5 Å². The fourth-order valence-electron chi connectivity index (χ4n) is 2.44. The van der Waals surface area contributed by atoms with Crippen LogP contribution in [0.1, 0.15) is 11.1 Å². The number of carbonyl (C=O) groups excluding carboxylic acids is 3. The Morgan fingerprint density at radius 1 is 1.00 bits per heavy atom. The maximum Gasteiger partial charge on any atom is 0.330 e.